The molecule has 0 atom stereocenters. The summed E-state index contributed by atoms with van der Waals surface area (Å²) in [5.74, 6) is 1.89. The Hall–Kier alpha value is -1.69. The first-order chi connectivity index (χ1) is 9.75. The number of hydrogen-bond acceptors (Lipinski definition) is 5. The highest BCUT2D eigenvalue weighted by atomic mass is 32.2. The molecule has 2 aromatic rings. The van der Waals surface area contributed by atoms with Crippen molar-refractivity contribution in [1.82, 2.24) is 0 Å². The summed E-state index contributed by atoms with van der Waals surface area (Å²) in [6.45, 7) is 3.63. The molecular weight excluding hydrogens is 313 g/mol. The highest BCUT2D eigenvalue weighted by Gasteiger charge is 2.18. The van der Waals surface area contributed by atoms with E-state index in [1.807, 2.05) is 12.5 Å². The maximum atomic E-state index is 12.0. The Morgan fingerprint density at radius 2 is 2.10 bits per heavy atom. The van der Waals surface area contributed by atoms with Crippen LogP contribution in [0.4, 0.5) is 5.69 Å². The number of benzene rings is 1. The van der Waals surface area contributed by atoms with Crippen molar-refractivity contribution >= 4 is 40.8 Å². The maximum Gasteiger partial charge on any atom is 0.340 e. The van der Waals surface area contributed by atoms with Crippen LogP contribution in [0, 0.1) is 6.92 Å². The lowest BCUT2D eigenvalue weighted by Crippen LogP contribution is -2.11. The zero-order valence-electron chi connectivity index (χ0n) is 11.5. The van der Waals surface area contributed by atoms with Gasteiger partial charge in [-0.1, -0.05) is 5.80 Å². The molecule has 3 N–H and O–H groups in total. The van der Waals surface area contributed by atoms with Gasteiger partial charge in [-0.2, -0.15) is 8.42 Å². The number of fused-ring (bicyclic) bond motifs is 1. The molecule has 21 heavy (non-hydrogen) atoms. The highest BCUT2D eigenvalue weighted by molar-refractivity contribution is 7.86. The van der Waals surface area contributed by atoms with Gasteiger partial charge >= 0.3 is 5.63 Å². The first kappa shape index (κ1) is 15.7. The molecule has 0 unspecified atom stereocenters. The van der Waals surface area contributed by atoms with E-state index in [9.17, 15) is 17.8 Å². The Bertz CT molecular complexity index is 899. The minimum absolute atomic E-state index is 0.168. The van der Waals surface area contributed by atoms with Crippen LogP contribution in [0.1, 0.15) is 11.1 Å². The molecule has 6 nitrogen and oxygen atoms in total. The van der Waals surface area contributed by atoms with E-state index in [1.54, 1.807) is 6.92 Å². The number of nitrogens with two attached hydrogens (primary N) is 1. The summed E-state index contributed by atoms with van der Waals surface area (Å²) < 4.78 is 37.0. The predicted octanol–water partition coefficient (Wildman–Crippen LogP) is 1.85. The molecule has 1 aromatic heterocycles. The normalized spacial score (nSPS) is 12.3. The van der Waals surface area contributed by atoms with Crippen LogP contribution in [0.3, 0.4) is 0 Å². The van der Waals surface area contributed by atoms with Crippen LogP contribution >= 0.6 is 8.20 Å². The van der Waals surface area contributed by atoms with E-state index >= 15 is 0 Å². The molecule has 0 aliphatic rings. The average Bonchev–Trinajstić information content (AvgIpc) is 2.36. The molecule has 1 heterocycles. The fourth-order valence-electron chi connectivity index (χ4n) is 2.07. The zero-order valence-corrected chi connectivity index (χ0v) is 13.2. The van der Waals surface area contributed by atoms with Gasteiger partial charge in [-0.05, 0) is 25.2 Å². The molecule has 1 aromatic carbocycles. The van der Waals surface area contributed by atoms with Gasteiger partial charge in [-0.3, -0.25) is 4.55 Å². The fourth-order valence-corrected chi connectivity index (χ4v) is 3.06. The minimum atomic E-state index is -4.44. The van der Waals surface area contributed by atoms with Gasteiger partial charge in [0.05, 0.1) is 5.69 Å². The Labute approximate surface area is 123 Å². The van der Waals surface area contributed by atoms with Crippen molar-refractivity contribution in [3.05, 3.63) is 33.7 Å². The molecule has 0 aliphatic carbocycles. The molecule has 0 fully saturated rings. The number of nitrogen functional groups attached to an aromatic ring is 1. The van der Waals surface area contributed by atoms with Crippen molar-refractivity contribution < 1.29 is 17.4 Å². The SMILES string of the molecule is CP=CCc1c(C)c2cc(S(=O)(=O)O)c(N)cc2oc1=O. The van der Waals surface area contributed by atoms with E-state index in [4.69, 9.17) is 10.2 Å². The molecule has 112 valence electrons. The Kier molecular flexibility index (Phi) is 4.18. The molecule has 0 amide bonds. The summed E-state index contributed by atoms with van der Waals surface area (Å²) in [6.07, 6.45) is 0.424. The standard InChI is InChI=1S/C13H14NO5PS/c1-7-8(3-4-20-2)13(15)19-11-6-10(14)12(5-9(7)11)21(16,17)18/h4-6H,3,14H2,1-2H3,(H,16,17,18). The van der Waals surface area contributed by atoms with E-state index in [-0.39, 0.29) is 11.3 Å². The van der Waals surface area contributed by atoms with E-state index in [1.165, 1.54) is 12.1 Å². The van der Waals surface area contributed by atoms with Crippen molar-refractivity contribution in [2.45, 2.75) is 18.2 Å². The lowest BCUT2D eigenvalue weighted by molar-refractivity contribution is 0.483. The highest BCUT2D eigenvalue weighted by Crippen LogP contribution is 2.28. The van der Waals surface area contributed by atoms with Crippen LogP contribution in [-0.4, -0.2) is 25.4 Å². The molecule has 8 heteroatoms. The second-order valence-corrected chi connectivity index (χ2v) is 6.77. The topological polar surface area (TPSA) is 111 Å². The molecule has 0 bridgehead atoms. The van der Waals surface area contributed by atoms with Gasteiger partial charge in [0.25, 0.3) is 10.1 Å². The minimum Gasteiger partial charge on any atom is -0.422 e. The second-order valence-electron chi connectivity index (χ2n) is 4.50. The number of aryl methyl sites for hydroxylation is 1. The smallest absolute Gasteiger partial charge is 0.340 e. The Morgan fingerprint density at radius 1 is 1.43 bits per heavy atom. The zero-order chi connectivity index (χ0) is 15.8. The van der Waals surface area contributed by atoms with Crippen molar-refractivity contribution in [2.24, 2.45) is 0 Å². The van der Waals surface area contributed by atoms with Gasteiger partial charge in [0, 0.05) is 23.4 Å². The van der Waals surface area contributed by atoms with Crippen LogP contribution < -0.4 is 11.4 Å². The predicted molar refractivity (Wildman–Crippen MR) is 84.1 cm³/mol. The summed E-state index contributed by atoms with van der Waals surface area (Å²) >= 11 is 0. The molecule has 0 saturated carbocycles. The van der Waals surface area contributed by atoms with Gasteiger partial charge < -0.3 is 10.2 Å². The van der Waals surface area contributed by atoms with Crippen molar-refractivity contribution in [2.75, 3.05) is 12.4 Å². The van der Waals surface area contributed by atoms with Gasteiger partial charge in [0.15, 0.2) is 0 Å². The van der Waals surface area contributed by atoms with E-state index in [2.05, 4.69) is 0 Å². The third-order valence-corrected chi connectivity index (χ3v) is 4.63. The Morgan fingerprint density at radius 3 is 2.67 bits per heavy atom. The third-order valence-electron chi connectivity index (χ3n) is 3.17. The van der Waals surface area contributed by atoms with E-state index < -0.39 is 20.6 Å². The summed E-state index contributed by atoms with van der Waals surface area (Å²) in [5, 5.41) is 0.438. The molecule has 0 radical (unpaired) electrons. The van der Waals surface area contributed by atoms with Gasteiger partial charge in [0.2, 0.25) is 0 Å². The second kappa shape index (κ2) is 5.60. The molecule has 0 saturated heterocycles. The maximum absolute atomic E-state index is 12.0. The monoisotopic (exact) mass is 327 g/mol. The van der Waals surface area contributed by atoms with Crippen molar-refractivity contribution in [3.8, 4) is 0 Å². The quantitative estimate of drug-likeness (QED) is 0.385. The van der Waals surface area contributed by atoms with Crippen LogP contribution in [0.25, 0.3) is 11.0 Å². The lowest BCUT2D eigenvalue weighted by atomic mass is 10.0. The van der Waals surface area contributed by atoms with Gasteiger partial charge in [0.1, 0.15) is 10.5 Å². The fraction of sp³-hybridized carbons (Fsp3) is 0.231. The van der Waals surface area contributed by atoms with Gasteiger partial charge in [-0.25, -0.2) is 4.79 Å². The number of rotatable bonds is 3. The van der Waals surface area contributed by atoms with Crippen LogP contribution in [0.5, 0.6) is 0 Å². The van der Waals surface area contributed by atoms with Crippen LogP contribution in [-0.2, 0) is 16.5 Å². The van der Waals surface area contributed by atoms with Crippen LogP contribution in [0.2, 0.25) is 0 Å². The first-order valence-corrected chi connectivity index (χ1v) is 8.84. The van der Waals surface area contributed by atoms with E-state index in [0.717, 1.165) is 8.20 Å². The molecule has 0 spiro atoms. The molecular formula is C13H14NO5PS. The number of anilines is 1. The summed E-state index contributed by atoms with van der Waals surface area (Å²) in [4.78, 5) is 11.6. The molecule has 0 aliphatic heterocycles. The van der Waals surface area contributed by atoms with E-state index in [0.29, 0.717) is 22.9 Å². The third kappa shape index (κ3) is 3.00. The first-order valence-electron chi connectivity index (χ1n) is 5.99. The van der Waals surface area contributed by atoms with Crippen molar-refractivity contribution in [1.29, 1.82) is 0 Å². The summed E-state index contributed by atoms with van der Waals surface area (Å²) in [7, 11) is -3.41. The number of hydrogen-bond donors (Lipinski definition) is 2. The summed E-state index contributed by atoms with van der Waals surface area (Å²) in [6, 6.07) is 2.46. The van der Waals surface area contributed by atoms with Crippen LogP contribution in [0.15, 0.2) is 26.2 Å². The Balaban J connectivity index is 2.85. The van der Waals surface area contributed by atoms with Crippen molar-refractivity contribution in [3.63, 3.8) is 0 Å². The average molecular weight is 327 g/mol. The molecule has 2 rings (SSSR count). The lowest BCUT2D eigenvalue weighted by Gasteiger charge is -2.09. The van der Waals surface area contributed by atoms with Gasteiger partial charge in [-0.15, -0.1) is 8.20 Å². The largest absolute Gasteiger partial charge is 0.422 e. The summed E-state index contributed by atoms with van der Waals surface area (Å²) in [5.41, 5.74) is 6.21.